The van der Waals surface area contributed by atoms with E-state index in [2.05, 4.69) is 100 Å². The van der Waals surface area contributed by atoms with Crippen LogP contribution in [0.5, 0.6) is 11.5 Å². The van der Waals surface area contributed by atoms with Gasteiger partial charge in [0.1, 0.15) is 24.7 Å². The minimum atomic E-state index is -0.238. The Kier molecular flexibility index (Phi) is 11.7. The number of hydrogen-bond donors (Lipinski definition) is 2. The van der Waals surface area contributed by atoms with E-state index in [0.717, 1.165) is 79.1 Å². The van der Waals surface area contributed by atoms with Crippen LogP contribution in [0.15, 0.2) is 133 Å². The summed E-state index contributed by atoms with van der Waals surface area (Å²) in [6, 6.07) is 41.6. The molecule has 0 saturated heterocycles. The van der Waals surface area contributed by atoms with E-state index in [9.17, 15) is 15.0 Å². The Labute approximate surface area is 348 Å². The van der Waals surface area contributed by atoms with Crippen molar-refractivity contribution < 1.29 is 29.2 Å². The van der Waals surface area contributed by atoms with Crippen LogP contribution in [0.2, 0.25) is 0 Å². The lowest BCUT2D eigenvalue weighted by atomic mass is 9.63. The molecule has 0 radical (unpaired) electrons. The second-order valence-corrected chi connectivity index (χ2v) is 17.2. The van der Waals surface area contributed by atoms with Crippen LogP contribution in [0.25, 0.3) is 54.9 Å². The second-order valence-electron chi connectivity index (χ2n) is 17.2. The SMILES string of the molecule is C=C(C)C1CC(C)C2C3CC(C12)C(C)(C(=O)OC)C3.OCCOc1ccc2cc(-c3ccccc3)ccc2c1-c1c(OCCO)ccc2cc(-c3ccccc3)ccc12. The fourth-order valence-electron chi connectivity index (χ4n) is 11.2. The number of rotatable bonds is 11. The van der Waals surface area contributed by atoms with Gasteiger partial charge < -0.3 is 24.4 Å². The highest BCUT2D eigenvalue weighted by Gasteiger charge is 2.65. The maximum absolute atomic E-state index is 12.2. The largest absolute Gasteiger partial charge is 0.491 e. The molecule has 6 aromatic rings. The number of esters is 1. The monoisotopic (exact) mass is 788 g/mol. The zero-order chi connectivity index (χ0) is 41.3. The van der Waals surface area contributed by atoms with Gasteiger partial charge in [0, 0.05) is 11.1 Å². The molecule has 3 fully saturated rings. The molecule has 0 spiro atoms. The first-order chi connectivity index (χ1) is 28.7. The summed E-state index contributed by atoms with van der Waals surface area (Å²) in [6.07, 6.45) is 3.54. The van der Waals surface area contributed by atoms with Gasteiger partial charge in [0.25, 0.3) is 0 Å². The summed E-state index contributed by atoms with van der Waals surface area (Å²) in [5.41, 5.74) is 7.44. The Morgan fingerprint density at radius 1 is 0.695 bits per heavy atom. The number of methoxy groups -OCH3 is 1. The third-order valence-electron chi connectivity index (χ3n) is 13.7. The van der Waals surface area contributed by atoms with Crippen LogP contribution < -0.4 is 9.47 Å². The van der Waals surface area contributed by atoms with E-state index in [1.54, 1.807) is 0 Å². The molecule has 0 aliphatic heterocycles. The van der Waals surface area contributed by atoms with Crippen molar-refractivity contribution in [2.24, 2.45) is 40.9 Å². The van der Waals surface area contributed by atoms with Gasteiger partial charge in [0.2, 0.25) is 0 Å². The van der Waals surface area contributed by atoms with E-state index < -0.39 is 0 Å². The minimum Gasteiger partial charge on any atom is -0.491 e. The molecule has 304 valence electrons. The van der Waals surface area contributed by atoms with Gasteiger partial charge in [-0.1, -0.05) is 116 Å². The highest BCUT2D eigenvalue weighted by atomic mass is 16.5. The number of benzene rings is 6. The van der Waals surface area contributed by atoms with Gasteiger partial charge in [-0.2, -0.15) is 0 Å². The van der Waals surface area contributed by atoms with Gasteiger partial charge in [0.05, 0.1) is 25.7 Å². The molecule has 3 saturated carbocycles. The first kappa shape index (κ1) is 40.4. The highest BCUT2D eigenvalue weighted by Crippen LogP contribution is 2.69. The molecule has 7 atom stereocenters. The quantitative estimate of drug-likeness (QED) is 0.100. The molecule has 6 aromatic carbocycles. The highest BCUT2D eigenvalue weighted by molar-refractivity contribution is 6.11. The van der Waals surface area contributed by atoms with Crippen molar-refractivity contribution in [2.45, 2.75) is 40.0 Å². The van der Waals surface area contributed by atoms with E-state index in [0.29, 0.717) is 29.3 Å². The van der Waals surface area contributed by atoms with Gasteiger partial charge in [0.15, 0.2) is 0 Å². The minimum absolute atomic E-state index is 0.0125. The third-order valence-corrected chi connectivity index (χ3v) is 13.7. The van der Waals surface area contributed by atoms with Gasteiger partial charge in [-0.15, -0.1) is 0 Å². The van der Waals surface area contributed by atoms with Crippen molar-refractivity contribution in [3.8, 4) is 44.9 Å². The number of aliphatic hydroxyl groups is 2. The van der Waals surface area contributed by atoms with Crippen LogP contribution in [0.1, 0.15) is 40.0 Å². The van der Waals surface area contributed by atoms with E-state index in [1.165, 1.54) is 25.5 Å². The summed E-state index contributed by atoms with van der Waals surface area (Å²) in [6.45, 7) is 11.1. The van der Waals surface area contributed by atoms with Gasteiger partial charge >= 0.3 is 5.97 Å². The smallest absolute Gasteiger partial charge is 0.311 e. The van der Waals surface area contributed by atoms with E-state index in [1.807, 2.05) is 48.5 Å². The zero-order valence-electron chi connectivity index (χ0n) is 34.7. The predicted molar refractivity (Wildman–Crippen MR) is 238 cm³/mol. The summed E-state index contributed by atoms with van der Waals surface area (Å²) >= 11 is 0. The van der Waals surface area contributed by atoms with Crippen LogP contribution in [0.3, 0.4) is 0 Å². The van der Waals surface area contributed by atoms with Crippen molar-refractivity contribution in [3.63, 3.8) is 0 Å². The summed E-state index contributed by atoms with van der Waals surface area (Å²) in [5.74, 6) is 5.52. The number of fused-ring (bicyclic) bond motifs is 7. The maximum Gasteiger partial charge on any atom is 0.311 e. The Hall–Kier alpha value is -5.43. The van der Waals surface area contributed by atoms with Gasteiger partial charge in [-0.3, -0.25) is 4.79 Å². The van der Waals surface area contributed by atoms with Crippen molar-refractivity contribution in [2.75, 3.05) is 33.5 Å². The Balaban J connectivity index is 0.000000212. The molecule has 2 N–H and O–H groups in total. The molecule has 59 heavy (non-hydrogen) atoms. The molecule has 7 unspecified atom stereocenters. The predicted octanol–water partition coefficient (Wildman–Crippen LogP) is 11.4. The number of carbonyl (C=O) groups excluding carboxylic acids is 1. The Morgan fingerprint density at radius 2 is 1.20 bits per heavy atom. The molecular formula is C53H56O6. The zero-order valence-corrected chi connectivity index (χ0v) is 34.7. The normalized spacial score (nSPS) is 24.0. The Bertz CT molecular complexity index is 2330. The molecule has 6 heteroatoms. The van der Waals surface area contributed by atoms with E-state index in [4.69, 9.17) is 14.2 Å². The maximum atomic E-state index is 12.2. The summed E-state index contributed by atoms with van der Waals surface area (Å²) < 4.78 is 17.3. The Morgan fingerprint density at radius 3 is 1.66 bits per heavy atom. The standard InChI is InChI=1S/C36H30O4.C17H26O2/c37-19-21-39-33-17-13-29-23-27(25-7-3-1-4-8-25)11-15-31(29)35(33)36-32-16-12-28(26-9-5-2-6-10-26)24-30(32)14-18-34(36)40-22-20-38;1-9(2)12-6-10(3)14-11-7-13(15(12)14)17(4,8-11)16(18)19-5/h1-18,23-24,37-38H,19-22H2;10-15H,1,6-8H2,2-5H3. The first-order valence-electron chi connectivity index (χ1n) is 21.1. The fraction of sp³-hybridized carbons (Fsp3) is 0.340. The summed E-state index contributed by atoms with van der Waals surface area (Å²) in [4.78, 5) is 12.2. The summed E-state index contributed by atoms with van der Waals surface area (Å²) in [5, 5.41) is 23.3. The van der Waals surface area contributed by atoms with Crippen LogP contribution in [0, 0.1) is 40.9 Å². The first-order valence-corrected chi connectivity index (χ1v) is 21.1. The number of carbonyl (C=O) groups is 1. The van der Waals surface area contributed by atoms with Crippen LogP contribution in [-0.4, -0.2) is 49.7 Å². The van der Waals surface area contributed by atoms with Crippen molar-refractivity contribution >= 4 is 27.5 Å². The number of ether oxygens (including phenoxy) is 3. The fourth-order valence-corrected chi connectivity index (χ4v) is 11.2. The molecule has 2 bridgehead atoms. The average Bonchev–Trinajstić information content (AvgIpc) is 3.94. The number of aliphatic hydroxyl groups excluding tert-OH is 2. The number of hydrogen-bond acceptors (Lipinski definition) is 6. The molecule has 3 aliphatic rings. The molecule has 3 aliphatic carbocycles. The number of allylic oxidation sites excluding steroid dienone is 1. The van der Waals surface area contributed by atoms with Crippen LogP contribution >= 0.6 is 0 Å². The van der Waals surface area contributed by atoms with Gasteiger partial charge in [-0.25, -0.2) is 0 Å². The molecule has 0 aromatic heterocycles. The molecule has 9 rings (SSSR count). The van der Waals surface area contributed by atoms with Crippen LogP contribution in [-0.2, 0) is 9.53 Å². The van der Waals surface area contributed by atoms with Gasteiger partial charge in [-0.05, 0) is 137 Å². The van der Waals surface area contributed by atoms with E-state index in [-0.39, 0.29) is 37.8 Å². The molecule has 6 nitrogen and oxygen atoms in total. The average molecular weight is 789 g/mol. The molecule has 0 heterocycles. The summed E-state index contributed by atoms with van der Waals surface area (Å²) in [7, 11) is 1.53. The van der Waals surface area contributed by atoms with Crippen molar-refractivity contribution in [3.05, 3.63) is 133 Å². The second kappa shape index (κ2) is 17.0. The van der Waals surface area contributed by atoms with E-state index >= 15 is 0 Å². The lowest BCUT2D eigenvalue weighted by Crippen LogP contribution is -2.42. The van der Waals surface area contributed by atoms with Crippen molar-refractivity contribution in [1.82, 2.24) is 0 Å². The lowest BCUT2D eigenvalue weighted by molar-refractivity contribution is -0.157. The topological polar surface area (TPSA) is 85.2 Å². The molecular weight excluding hydrogens is 733 g/mol. The van der Waals surface area contributed by atoms with Crippen LogP contribution in [0.4, 0.5) is 0 Å². The van der Waals surface area contributed by atoms with Crippen molar-refractivity contribution in [1.29, 1.82) is 0 Å². The molecule has 0 amide bonds. The lowest BCUT2D eigenvalue weighted by Gasteiger charge is -2.40. The third kappa shape index (κ3) is 7.54.